The van der Waals surface area contributed by atoms with Gasteiger partial charge in [-0.05, 0) is 18.2 Å². The SMILES string of the molecule is CC1CC=C(c2nn[nH]n2)O1. The maximum atomic E-state index is 5.38. The fraction of sp³-hybridized carbons (Fsp3) is 0.500. The number of aromatic nitrogens is 4. The van der Waals surface area contributed by atoms with Crippen molar-refractivity contribution in [1.82, 2.24) is 20.6 Å². The predicted octanol–water partition coefficient (Wildman–Crippen LogP) is 0.349. The van der Waals surface area contributed by atoms with Gasteiger partial charge in [0.25, 0.3) is 0 Å². The summed E-state index contributed by atoms with van der Waals surface area (Å²) in [5.41, 5.74) is 0. The fourth-order valence-corrected chi connectivity index (χ4v) is 0.996. The second kappa shape index (κ2) is 2.34. The summed E-state index contributed by atoms with van der Waals surface area (Å²) < 4.78 is 5.38. The summed E-state index contributed by atoms with van der Waals surface area (Å²) in [4.78, 5) is 0. The molecular weight excluding hydrogens is 144 g/mol. The van der Waals surface area contributed by atoms with Crippen LogP contribution in [0.3, 0.4) is 0 Å². The van der Waals surface area contributed by atoms with E-state index in [-0.39, 0.29) is 6.10 Å². The number of ether oxygens (including phenoxy) is 1. The lowest BCUT2D eigenvalue weighted by Crippen LogP contribution is -1.98. The van der Waals surface area contributed by atoms with Crippen molar-refractivity contribution < 1.29 is 4.74 Å². The molecule has 1 atom stereocenters. The van der Waals surface area contributed by atoms with Crippen LogP contribution >= 0.6 is 0 Å². The van der Waals surface area contributed by atoms with E-state index in [1.54, 1.807) is 0 Å². The van der Waals surface area contributed by atoms with Crippen LogP contribution in [-0.2, 0) is 4.74 Å². The Bertz CT molecular complexity index is 266. The van der Waals surface area contributed by atoms with E-state index in [9.17, 15) is 0 Å². The van der Waals surface area contributed by atoms with Gasteiger partial charge in [-0.2, -0.15) is 5.21 Å². The molecule has 1 aliphatic heterocycles. The third kappa shape index (κ3) is 1.09. The lowest BCUT2D eigenvalue weighted by atomic mass is 10.3. The molecule has 5 heteroatoms. The van der Waals surface area contributed by atoms with E-state index >= 15 is 0 Å². The molecule has 0 aromatic carbocycles. The number of H-pyrrole nitrogens is 1. The molecule has 0 saturated carbocycles. The van der Waals surface area contributed by atoms with Crippen molar-refractivity contribution >= 4 is 5.76 Å². The van der Waals surface area contributed by atoms with Gasteiger partial charge in [0.2, 0.25) is 5.82 Å². The van der Waals surface area contributed by atoms with Gasteiger partial charge in [-0.1, -0.05) is 0 Å². The second-order valence-corrected chi connectivity index (χ2v) is 2.47. The van der Waals surface area contributed by atoms with E-state index in [0.29, 0.717) is 5.82 Å². The number of rotatable bonds is 1. The third-order valence-corrected chi connectivity index (χ3v) is 1.53. The molecule has 0 bridgehead atoms. The molecule has 11 heavy (non-hydrogen) atoms. The summed E-state index contributed by atoms with van der Waals surface area (Å²) in [6.07, 6.45) is 3.13. The second-order valence-electron chi connectivity index (χ2n) is 2.47. The lowest BCUT2D eigenvalue weighted by molar-refractivity contribution is 0.209. The first-order valence-electron chi connectivity index (χ1n) is 3.47. The molecule has 0 aliphatic carbocycles. The van der Waals surface area contributed by atoms with Crippen molar-refractivity contribution in [2.75, 3.05) is 0 Å². The Morgan fingerprint density at radius 3 is 3.18 bits per heavy atom. The standard InChI is InChI=1S/C6H8N4O/c1-4-2-3-5(11-4)6-7-9-10-8-6/h3-4H,2H2,1H3,(H,7,8,9,10). The van der Waals surface area contributed by atoms with Gasteiger partial charge in [-0.25, -0.2) is 0 Å². The summed E-state index contributed by atoms with van der Waals surface area (Å²) in [7, 11) is 0. The fourth-order valence-electron chi connectivity index (χ4n) is 0.996. The van der Waals surface area contributed by atoms with Gasteiger partial charge >= 0.3 is 0 Å². The van der Waals surface area contributed by atoms with Gasteiger partial charge in [0.1, 0.15) is 0 Å². The number of hydrogen-bond acceptors (Lipinski definition) is 4. The quantitative estimate of drug-likeness (QED) is 0.630. The van der Waals surface area contributed by atoms with Gasteiger partial charge < -0.3 is 4.74 Å². The molecule has 58 valence electrons. The molecule has 0 fully saturated rings. The Kier molecular flexibility index (Phi) is 1.34. The first-order chi connectivity index (χ1) is 5.36. The minimum atomic E-state index is 0.239. The maximum Gasteiger partial charge on any atom is 0.238 e. The number of nitrogens with zero attached hydrogens (tertiary/aromatic N) is 3. The Balaban J connectivity index is 2.19. The highest BCUT2D eigenvalue weighted by molar-refractivity contribution is 5.53. The zero-order valence-corrected chi connectivity index (χ0v) is 6.11. The molecule has 0 amide bonds. The third-order valence-electron chi connectivity index (χ3n) is 1.53. The van der Waals surface area contributed by atoms with Crippen molar-refractivity contribution in [2.24, 2.45) is 0 Å². The minimum Gasteiger partial charge on any atom is -0.487 e. The topological polar surface area (TPSA) is 63.7 Å². The van der Waals surface area contributed by atoms with Crippen LogP contribution in [0, 0.1) is 0 Å². The highest BCUT2D eigenvalue weighted by atomic mass is 16.5. The van der Waals surface area contributed by atoms with Crippen molar-refractivity contribution in [3.8, 4) is 0 Å². The Morgan fingerprint density at radius 1 is 1.73 bits per heavy atom. The van der Waals surface area contributed by atoms with Crippen LogP contribution in [-0.4, -0.2) is 26.7 Å². The molecule has 1 aromatic heterocycles. The summed E-state index contributed by atoms with van der Waals surface area (Å²) >= 11 is 0. The molecule has 2 heterocycles. The highest BCUT2D eigenvalue weighted by Gasteiger charge is 2.17. The molecule has 0 saturated heterocycles. The van der Waals surface area contributed by atoms with E-state index < -0.39 is 0 Å². The van der Waals surface area contributed by atoms with Gasteiger partial charge in [0.05, 0.1) is 6.10 Å². The van der Waals surface area contributed by atoms with E-state index in [0.717, 1.165) is 12.2 Å². The largest absolute Gasteiger partial charge is 0.487 e. The molecule has 2 rings (SSSR count). The molecule has 1 aromatic rings. The van der Waals surface area contributed by atoms with Crippen molar-refractivity contribution in [3.63, 3.8) is 0 Å². The van der Waals surface area contributed by atoms with Crippen molar-refractivity contribution in [1.29, 1.82) is 0 Å². The minimum absolute atomic E-state index is 0.239. The molecular formula is C6H8N4O. The van der Waals surface area contributed by atoms with Gasteiger partial charge in [-0.15, -0.1) is 10.2 Å². The molecule has 1 N–H and O–H groups in total. The first-order valence-corrected chi connectivity index (χ1v) is 3.47. The Labute approximate surface area is 63.4 Å². The zero-order valence-electron chi connectivity index (χ0n) is 6.11. The Morgan fingerprint density at radius 2 is 2.64 bits per heavy atom. The van der Waals surface area contributed by atoms with Gasteiger partial charge in [0, 0.05) is 6.42 Å². The number of aromatic amines is 1. The van der Waals surface area contributed by atoms with Crippen LogP contribution in [0.4, 0.5) is 0 Å². The van der Waals surface area contributed by atoms with Crippen LogP contribution in [0.15, 0.2) is 6.08 Å². The molecule has 0 spiro atoms. The van der Waals surface area contributed by atoms with E-state index in [1.807, 2.05) is 13.0 Å². The van der Waals surface area contributed by atoms with Crippen molar-refractivity contribution in [2.45, 2.75) is 19.4 Å². The highest BCUT2D eigenvalue weighted by Crippen LogP contribution is 2.22. The summed E-state index contributed by atoms with van der Waals surface area (Å²) in [5, 5.41) is 13.4. The predicted molar refractivity (Wildman–Crippen MR) is 37.3 cm³/mol. The van der Waals surface area contributed by atoms with E-state index in [1.165, 1.54) is 0 Å². The van der Waals surface area contributed by atoms with Crippen LogP contribution in [0.2, 0.25) is 0 Å². The summed E-state index contributed by atoms with van der Waals surface area (Å²) in [5.74, 6) is 1.26. The smallest absolute Gasteiger partial charge is 0.238 e. The van der Waals surface area contributed by atoms with Crippen LogP contribution in [0.5, 0.6) is 0 Å². The van der Waals surface area contributed by atoms with E-state index in [4.69, 9.17) is 4.74 Å². The lowest BCUT2D eigenvalue weighted by Gasteiger charge is -2.03. The van der Waals surface area contributed by atoms with Crippen LogP contribution in [0.1, 0.15) is 19.2 Å². The van der Waals surface area contributed by atoms with Crippen molar-refractivity contribution in [3.05, 3.63) is 11.9 Å². The number of nitrogens with one attached hydrogen (secondary N) is 1. The van der Waals surface area contributed by atoms with Crippen LogP contribution < -0.4 is 0 Å². The number of tetrazole rings is 1. The van der Waals surface area contributed by atoms with Gasteiger partial charge in [0.15, 0.2) is 5.76 Å². The average molecular weight is 152 g/mol. The monoisotopic (exact) mass is 152 g/mol. The van der Waals surface area contributed by atoms with E-state index in [2.05, 4.69) is 20.6 Å². The van der Waals surface area contributed by atoms with Crippen LogP contribution in [0.25, 0.3) is 5.76 Å². The average Bonchev–Trinajstić information content (AvgIpc) is 2.55. The summed E-state index contributed by atoms with van der Waals surface area (Å²) in [6.45, 7) is 2.00. The Hall–Kier alpha value is -1.39. The summed E-state index contributed by atoms with van der Waals surface area (Å²) in [6, 6.07) is 0. The molecule has 1 unspecified atom stereocenters. The maximum absolute atomic E-state index is 5.38. The van der Waals surface area contributed by atoms with Gasteiger partial charge in [-0.3, -0.25) is 0 Å². The zero-order chi connectivity index (χ0) is 7.68. The number of hydrogen-bond donors (Lipinski definition) is 1. The molecule has 1 aliphatic rings. The molecule has 0 radical (unpaired) electrons. The molecule has 5 nitrogen and oxygen atoms in total. The normalized spacial score (nSPS) is 23.0. The first kappa shape index (κ1) is 6.33.